The van der Waals surface area contributed by atoms with E-state index in [0.717, 1.165) is 41.1 Å². The van der Waals surface area contributed by atoms with Gasteiger partial charge in [0.1, 0.15) is 12.1 Å². The number of nitrogens with one attached hydrogen (secondary N) is 1. The maximum atomic E-state index is 12.7. The van der Waals surface area contributed by atoms with Crippen LogP contribution in [-0.2, 0) is 16.6 Å². The highest BCUT2D eigenvalue weighted by Gasteiger charge is 2.19. The van der Waals surface area contributed by atoms with Crippen molar-refractivity contribution < 1.29 is 8.42 Å². The number of rotatable bonds is 6. The topological polar surface area (TPSA) is 93.0 Å². The average Bonchev–Trinajstić information content (AvgIpc) is 3.13. The highest BCUT2D eigenvalue weighted by molar-refractivity contribution is 7.89. The molecule has 2 aromatic heterocycles. The van der Waals surface area contributed by atoms with E-state index in [1.54, 1.807) is 30.2 Å². The summed E-state index contributed by atoms with van der Waals surface area (Å²) in [7, 11) is -3.58. The second-order valence-corrected chi connectivity index (χ2v) is 9.25. The van der Waals surface area contributed by atoms with Gasteiger partial charge < -0.3 is 4.90 Å². The number of aromatic nitrogens is 4. The van der Waals surface area contributed by atoms with Crippen LogP contribution >= 0.6 is 0 Å². The molecule has 3 aromatic rings. The molecule has 0 saturated carbocycles. The van der Waals surface area contributed by atoms with Gasteiger partial charge in [0.05, 0.1) is 23.0 Å². The predicted octanol–water partition coefficient (Wildman–Crippen LogP) is 2.41. The highest BCUT2D eigenvalue weighted by Crippen LogP contribution is 2.25. The van der Waals surface area contributed by atoms with E-state index in [2.05, 4.69) is 24.7 Å². The summed E-state index contributed by atoms with van der Waals surface area (Å²) in [4.78, 5) is 11.4. The lowest BCUT2D eigenvalue weighted by Gasteiger charge is -2.27. The zero-order valence-electron chi connectivity index (χ0n) is 16.8. The second-order valence-electron chi connectivity index (χ2n) is 7.52. The third kappa shape index (κ3) is 4.11. The number of piperidine rings is 1. The molecular weight excluding hydrogens is 388 g/mol. The van der Waals surface area contributed by atoms with Crippen LogP contribution in [0.1, 0.15) is 30.4 Å². The van der Waals surface area contributed by atoms with Gasteiger partial charge in [-0.25, -0.2) is 27.8 Å². The van der Waals surface area contributed by atoms with Crippen LogP contribution in [0.25, 0.3) is 11.0 Å². The molecule has 1 fully saturated rings. The summed E-state index contributed by atoms with van der Waals surface area (Å²) in [5, 5.41) is 5.34. The van der Waals surface area contributed by atoms with Crippen LogP contribution in [0, 0.1) is 13.8 Å². The van der Waals surface area contributed by atoms with E-state index in [9.17, 15) is 8.42 Å². The van der Waals surface area contributed by atoms with E-state index in [-0.39, 0.29) is 6.54 Å². The maximum absolute atomic E-state index is 12.7. The number of anilines is 1. The molecule has 1 aliphatic heterocycles. The van der Waals surface area contributed by atoms with Crippen LogP contribution < -0.4 is 9.62 Å². The first-order chi connectivity index (χ1) is 14.0. The van der Waals surface area contributed by atoms with Crippen molar-refractivity contribution in [1.82, 2.24) is 24.5 Å². The van der Waals surface area contributed by atoms with E-state index in [0.29, 0.717) is 11.4 Å². The maximum Gasteiger partial charge on any atom is 0.240 e. The van der Waals surface area contributed by atoms with Crippen molar-refractivity contribution in [3.05, 3.63) is 41.9 Å². The fourth-order valence-corrected chi connectivity index (χ4v) is 5.11. The van der Waals surface area contributed by atoms with E-state index in [4.69, 9.17) is 0 Å². The molecule has 0 unspecified atom stereocenters. The largest absolute Gasteiger partial charge is 0.356 e. The Morgan fingerprint density at radius 3 is 2.69 bits per heavy atom. The summed E-state index contributed by atoms with van der Waals surface area (Å²) in [6, 6.07) is 5.42. The van der Waals surface area contributed by atoms with E-state index in [1.165, 1.54) is 19.3 Å². The molecule has 0 aliphatic carbocycles. The highest BCUT2D eigenvalue weighted by atomic mass is 32.2. The smallest absolute Gasteiger partial charge is 0.240 e. The summed E-state index contributed by atoms with van der Waals surface area (Å²) in [5.41, 5.74) is 2.37. The Morgan fingerprint density at radius 2 is 1.90 bits per heavy atom. The molecule has 4 rings (SSSR count). The summed E-state index contributed by atoms with van der Waals surface area (Å²) in [6.07, 6.45) is 6.92. The molecule has 8 nitrogen and oxygen atoms in total. The lowest BCUT2D eigenvalue weighted by Crippen LogP contribution is -2.30. The SMILES string of the molecule is Cc1ccc(C)c(S(=O)(=O)NCCn2ncc3c(N4CCCCC4)ncnc32)c1. The van der Waals surface area contributed by atoms with Gasteiger partial charge in [-0.3, -0.25) is 0 Å². The fraction of sp³-hybridized carbons (Fsp3) is 0.450. The zero-order valence-corrected chi connectivity index (χ0v) is 17.6. The molecule has 1 saturated heterocycles. The van der Waals surface area contributed by atoms with Crippen molar-refractivity contribution in [2.75, 3.05) is 24.5 Å². The molecule has 1 N–H and O–H groups in total. The molecule has 1 aromatic carbocycles. The molecule has 29 heavy (non-hydrogen) atoms. The first kappa shape index (κ1) is 19.8. The van der Waals surface area contributed by atoms with E-state index >= 15 is 0 Å². The molecule has 0 bridgehead atoms. The van der Waals surface area contributed by atoms with Gasteiger partial charge in [0.15, 0.2) is 5.65 Å². The lowest BCUT2D eigenvalue weighted by atomic mass is 10.1. The number of hydrogen-bond donors (Lipinski definition) is 1. The third-order valence-corrected chi connectivity index (χ3v) is 6.92. The molecule has 3 heterocycles. The Balaban J connectivity index is 1.50. The van der Waals surface area contributed by atoms with Crippen molar-refractivity contribution >= 4 is 26.9 Å². The van der Waals surface area contributed by atoms with Crippen molar-refractivity contribution in [1.29, 1.82) is 0 Å². The lowest BCUT2D eigenvalue weighted by molar-refractivity contribution is 0.563. The fourth-order valence-electron chi connectivity index (χ4n) is 3.76. The van der Waals surface area contributed by atoms with Crippen LogP contribution in [0.2, 0.25) is 0 Å². The molecule has 0 spiro atoms. The van der Waals surface area contributed by atoms with Crippen molar-refractivity contribution in [2.45, 2.75) is 44.6 Å². The van der Waals surface area contributed by atoms with Gasteiger partial charge in [-0.2, -0.15) is 5.10 Å². The number of nitrogens with zero attached hydrogens (tertiary/aromatic N) is 5. The summed E-state index contributed by atoms with van der Waals surface area (Å²) in [6.45, 7) is 6.29. The van der Waals surface area contributed by atoms with Gasteiger partial charge >= 0.3 is 0 Å². The molecule has 9 heteroatoms. The van der Waals surface area contributed by atoms with Gasteiger partial charge in [0, 0.05) is 19.6 Å². The molecule has 0 atom stereocenters. The van der Waals surface area contributed by atoms with E-state index in [1.807, 2.05) is 19.1 Å². The van der Waals surface area contributed by atoms with E-state index < -0.39 is 10.0 Å². The van der Waals surface area contributed by atoms with Crippen molar-refractivity contribution in [3.63, 3.8) is 0 Å². The standard InChI is InChI=1S/C20H26N6O2S/c1-15-6-7-16(2)18(12-15)29(27,28)24-8-11-26-20-17(13-23-26)19(21-14-22-20)25-9-4-3-5-10-25/h6-7,12-14,24H,3-5,8-11H2,1-2H3. The molecule has 0 radical (unpaired) electrons. The number of benzene rings is 1. The van der Waals surface area contributed by atoms with Gasteiger partial charge in [0.2, 0.25) is 10.0 Å². The number of sulfonamides is 1. The third-order valence-electron chi connectivity index (χ3n) is 5.32. The van der Waals surface area contributed by atoms with Crippen LogP contribution in [0.4, 0.5) is 5.82 Å². The van der Waals surface area contributed by atoms with Gasteiger partial charge in [-0.15, -0.1) is 0 Å². The Bertz CT molecular complexity index is 1120. The number of hydrogen-bond acceptors (Lipinski definition) is 6. The molecule has 0 amide bonds. The van der Waals surface area contributed by atoms with Crippen LogP contribution in [0.5, 0.6) is 0 Å². The minimum atomic E-state index is -3.58. The minimum Gasteiger partial charge on any atom is -0.356 e. The normalized spacial score (nSPS) is 15.2. The Kier molecular flexibility index (Phi) is 5.51. The monoisotopic (exact) mass is 414 g/mol. The minimum absolute atomic E-state index is 0.232. The van der Waals surface area contributed by atoms with Crippen LogP contribution in [-0.4, -0.2) is 47.8 Å². The second kappa shape index (κ2) is 8.08. The van der Waals surface area contributed by atoms with Crippen molar-refractivity contribution in [3.8, 4) is 0 Å². The summed E-state index contributed by atoms with van der Waals surface area (Å²) >= 11 is 0. The van der Waals surface area contributed by atoms with Gasteiger partial charge in [0.25, 0.3) is 0 Å². The summed E-state index contributed by atoms with van der Waals surface area (Å²) < 4.78 is 29.8. The Hall–Kier alpha value is -2.52. The number of aryl methyl sites for hydroxylation is 2. The zero-order chi connectivity index (χ0) is 20.4. The van der Waals surface area contributed by atoms with Gasteiger partial charge in [-0.05, 0) is 50.3 Å². The molecule has 154 valence electrons. The van der Waals surface area contributed by atoms with Crippen molar-refractivity contribution in [2.24, 2.45) is 0 Å². The van der Waals surface area contributed by atoms with Gasteiger partial charge in [-0.1, -0.05) is 12.1 Å². The average molecular weight is 415 g/mol. The Labute approximate surface area is 171 Å². The molecule has 1 aliphatic rings. The summed E-state index contributed by atoms with van der Waals surface area (Å²) in [5.74, 6) is 0.914. The number of fused-ring (bicyclic) bond motifs is 1. The quantitative estimate of drug-likeness (QED) is 0.666. The Morgan fingerprint density at radius 1 is 1.10 bits per heavy atom. The first-order valence-corrected chi connectivity index (χ1v) is 11.4. The first-order valence-electron chi connectivity index (χ1n) is 9.94. The van der Waals surface area contributed by atoms with Crippen LogP contribution in [0.15, 0.2) is 35.6 Å². The van der Waals surface area contributed by atoms with Crippen LogP contribution in [0.3, 0.4) is 0 Å². The predicted molar refractivity (Wildman–Crippen MR) is 112 cm³/mol. The molecular formula is C20H26N6O2S.